The maximum atomic E-state index is 10.3. The zero-order valence-electron chi connectivity index (χ0n) is 14.0. The van der Waals surface area contributed by atoms with Crippen molar-refractivity contribution < 1.29 is 19.6 Å². The molecule has 1 aromatic carbocycles. The number of aromatic hydroxyl groups is 1. The van der Waals surface area contributed by atoms with Crippen LogP contribution in [-0.4, -0.2) is 17.8 Å². The average molecular weight is 328 g/mol. The van der Waals surface area contributed by atoms with E-state index in [0.29, 0.717) is 17.4 Å². The van der Waals surface area contributed by atoms with E-state index in [4.69, 9.17) is 14.5 Å². The fourth-order valence-electron chi connectivity index (χ4n) is 6.28. The second-order valence-corrected chi connectivity index (χ2v) is 8.06. The topological polar surface area (TPSA) is 47.9 Å². The highest BCUT2D eigenvalue weighted by atomic mass is 17.3. The molecule has 4 bridgehead atoms. The van der Waals surface area contributed by atoms with Gasteiger partial charge in [-0.2, -0.15) is 4.89 Å². The van der Waals surface area contributed by atoms with E-state index < -0.39 is 11.4 Å². The Hall–Kier alpha value is -1.36. The molecular formula is C20H24O4. The monoisotopic (exact) mass is 328 g/mol. The number of methoxy groups -OCH3 is 1. The van der Waals surface area contributed by atoms with E-state index in [-0.39, 0.29) is 5.75 Å². The third-order valence-corrected chi connectivity index (χ3v) is 7.08. The van der Waals surface area contributed by atoms with Crippen LogP contribution in [0.15, 0.2) is 24.8 Å². The number of rotatable bonds is 3. The minimum absolute atomic E-state index is 0.202. The van der Waals surface area contributed by atoms with Crippen LogP contribution < -0.4 is 0 Å². The fourth-order valence-corrected chi connectivity index (χ4v) is 6.28. The number of benzene rings is 1. The molecule has 4 nitrogen and oxygen atoms in total. The van der Waals surface area contributed by atoms with Gasteiger partial charge in [0.15, 0.2) is 5.60 Å². The van der Waals surface area contributed by atoms with Gasteiger partial charge in [0.25, 0.3) is 5.79 Å². The second-order valence-electron chi connectivity index (χ2n) is 8.06. The summed E-state index contributed by atoms with van der Waals surface area (Å²) in [6.07, 6.45) is 7.86. The van der Waals surface area contributed by atoms with Crippen molar-refractivity contribution in [3.63, 3.8) is 0 Å². The Kier molecular flexibility index (Phi) is 3.01. The van der Waals surface area contributed by atoms with Crippen LogP contribution in [0.1, 0.15) is 43.2 Å². The summed E-state index contributed by atoms with van der Waals surface area (Å²) in [5, 5.41) is 10.3. The fraction of sp³-hybridized carbons (Fsp3) is 0.600. The van der Waals surface area contributed by atoms with Crippen molar-refractivity contribution in [1.29, 1.82) is 0 Å². The van der Waals surface area contributed by atoms with Crippen LogP contribution in [0.5, 0.6) is 5.75 Å². The van der Waals surface area contributed by atoms with E-state index in [2.05, 4.69) is 6.58 Å². The number of phenols is 1. The van der Waals surface area contributed by atoms with E-state index in [1.807, 2.05) is 12.1 Å². The molecule has 0 radical (unpaired) electrons. The van der Waals surface area contributed by atoms with E-state index in [0.717, 1.165) is 17.4 Å². The van der Waals surface area contributed by atoms with Crippen LogP contribution in [0, 0.1) is 23.7 Å². The van der Waals surface area contributed by atoms with Crippen molar-refractivity contribution in [2.24, 2.45) is 23.7 Å². The molecule has 1 aliphatic heterocycles. The predicted molar refractivity (Wildman–Crippen MR) is 88.8 cm³/mol. The lowest BCUT2D eigenvalue weighted by atomic mass is 9.47. The van der Waals surface area contributed by atoms with Crippen LogP contribution in [0.3, 0.4) is 0 Å². The van der Waals surface area contributed by atoms with Gasteiger partial charge < -0.3 is 9.84 Å². The first-order valence-corrected chi connectivity index (χ1v) is 9.01. The van der Waals surface area contributed by atoms with Gasteiger partial charge in [0.2, 0.25) is 0 Å². The van der Waals surface area contributed by atoms with Gasteiger partial charge in [0, 0.05) is 18.2 Å². The molecule has 1 atom stereocenters. The SMILES string of the molecule is C=Cc1ccc(C2(OC)OOC23C2CC4CC(C2)CC3C4)cc1O. The van der Waals surface area contributed by atoms with Gasteiger partial charge in [-0.3, -0.25) is 0 Å². The van der Waals surface area contributed by atoms with Crippen LogP contribution in [0.2, 0.25) is 0 Å². The summed E-state index contributed by atoms with van der Waals surface area (Å²) in [6.45, 7) is 3.73. The molecule has 4 aliphatic carbocycles. The Balaban J connectivity index is 1.61. The molecule has 4 heteroatoms. The molecular weight excluding hydrogens is 304 g/mol. The van der Waals surface area contributed by atoms with Gasteiger partial charge in [-0.1, -0.05) is 24.8 Å². The standard InChI is InChI=1S/C20H24O4/c1-3-14-4-5-15(11-18(14)21)20(22-2)19(23-24-20)16-7-12-6-13(9-16)10-17(19)8-12/h3-5,11-13,16-17,21H,1,6-10H2,2H3. The summed E-state index contributed by atoms with van der Waals surface area (Å²) >= 11 is 0. The van der Waals surface area contributed by atoms with Crippen LogP contribution in [0.25, 0.3) is 6.08 Å². The third kappa shape index (κ3) is 1.60. The van der Waals surface area contributed by atoms with E-state index >= 15 is 0 Å². The zero-order valence-corrected chi connectivity index (χ0v) is 14.0. The normalized spacial score (nSPS) is 45.4. The van der Waals surface area contributed by atoms with E-state index in [1.165, 1.54) is 32.1 Å². The summed E-state index contributed by atoms with van der Waals surface area (Å²) in [7, 11) is 1.69. The largest absolute Gasteiger partial charge is 0.507 e. The predicted octanol–water partition coefficient (Wildman–Crippen LogP) is 3.99. The average Bonchev–Trinajstić information content (AvgIpc) is 2.54. The van der Waals surface area contributed by atoms with Gasteiger partial charge in [-0.15, -0.1) is 0 Å². The zero-order chi connectivity index (χ0) is 16.5. The summed E-state index contributed by atoms with van der Waals surface area (Å²) in [6, 6.07) is 5.58. The number of hydrogen-bond acceptors (Lipinski definition) is 4. The molecule has 0 aromatic heterocycles. The minimum Gasteiger partial charge on any atom is -0.507 e. The number of ether oxygens (including phenoxy) is 1. The molecule has 1 heterocycles. The van der Waals surface area contributed by atoms with Crippen molar-refractivity contribution in [2.45, 2.75) is 43.5 Å². The first kappa shape index (κ1) is 14.9. The van der Waals surface area contributed by atoms with Gasteiger partial charge in [0.05, 0.1) is 0 Å². The second kappa shape index (κ2) is 4.84. The molecule has 6 rings (SSSR count). The Labute approximate surface area is 142 Å². The molecule has 5 fully saturated rings. The van der Waals surface area contributed by atoms with Gasteiger partial charge in [-0.25, -0.2) is 4.89 Å². The molecule has 4 saturated carbocycles. The highest BCUT2D eigenvalue weighted by molar-refractivity contribution is 5.56. The summed E-state index contributed by atoms with van der Waals surface area (Å²) in [4.78, 5) is 11.6. The Morgan fingerprint density at radius 1 is 1.12 bits per heavy atom. The van der Waals surface area contributed by atoms with E-state index in [1.54, 1.807) is 19.3 Å². The quantitative estimate of drug-likeness (QED) is 0.852. The minimum atomic E-state index is -0.910. The Morgan fingerprint density at radius 3 is 2.25 bits per heavy atom. The smallest absolute Gasteiger partial charge is 0.260 e. The molecule has 1 spiro atoms. The first-order chi connectivity index (χ1) is 11.6. The van der Waals surface area contributed by atoms with Gasteiger partial charge >= 0.3 is 0 Å². The first-order valence-electron chi connectivity index (χ1n) is 9.01. The molecule has 1 saturated heterocycles. The van der Waals surface area contributed by atoms with Crippen molar-refractivity contribution >= 4 is 6.08 Å². The summed E-state index contributed by atoms with van der Waals surface area (Å²) in [5.74, 6) is 1.93. The van der Waals surface area contributed by atoms with Crippen LogP contribution in [-0.2, 0) is 20.3 Å². The van der Waals surface area contributed by atoms with Crippen molar-refractivity contribution in [1.82, 2.24) is 0 Å². The van der Waals surface area contributed by atoms with E-state index in [9.17, 15) is 5.11 Å². The molecule has 1 unspecified atom stereocenters. The molecule has 5 aliphatic rings. The van der Waals surface area contributed by atoms with Crippen LogP contribution >= 0.6 is 0 Å². The maximum Gasteiger partial charge on any atom is 0.260 e. The lowest BCUT2D eigenvalue weighted by molar-refractivity contribution is -0.645. The summed E-state index contributed by atoms with van der Waals surface area (Å²) < 4.78 is 5.98. The molecule has 1 N–H and O–H groups in total. The van der Waals surface area contributed by atoms with Crippen molar-refractivity contribution in [3.8, 4) is 5.75 Å². The maximum absolute atomic E-state index is 10.3. The molecule has 24 heavy (non-hydrogen) atoms. The highest BCUT2D eigenvalue weighted by Gasteiger charge is 2.76. The molecule has 1 aromatic rings. The van der Waals surface area contributed by atoms with Crippen molar-refractivity contribution in [2.75, 3.05) is 7.11 Å². The number of phenolic OH excluding ortho intramolecular Hbond substituents is 1. The van der Waals surface area contributed by atoms with Gasteiger partial charge in [-0.05, 0) is 61.8 Å². The lowest BCUT2D eigenvalue weighted by Gasteiger charge is -2.68. The van der Waals surface area contributed by atoms with Gasteiger partial charge in [0.1, 0.15) is 5.75 Å². The lowest BCUT2D eigenvalue weighted by Crippen LogP contribution is -2.76. The van der Waals surface area contributed by atoms with Crippen molar-refractivity contribution in [3.05, 3.63) is 35.9 Å². The number of hydrogen-bond donors (Lipinski definition) is 1. The van der Waals surface area contributed by atoms with Crippen LogP contribution in [0.4, 0.5) is 0 Å². The molecule has 0 amide bonds. The summed E-state index contributed by atoms with van der Waals surface area (Å²) in [5.41, 5.74) is 1.15. The Bertz CT molecular complexity index is 665. The highest BCUT2D eigenvalue weighted by Crippen LogP contribution is 2.69. The third-order valence-electron chi connectivity index (χ3n) is 7.08. The Morgan fingerprint density at radius 2 is 1.79 bits per heavy atom. The molecule has 128 valence electrons.